The third-order valence-electron chi connectivity index (χ3n) is 4.44. The summed E-state index contributed by atoms with van der Waals surface area (Å²) in [7, 11) is 2.08. The summed E-state index contributed by atoms with van der Waals surface area (Å²) in [6.07, 6.45) is 0. The van der Waals surface area contributed by atoms with Gasteiger partial charge in [0.05, 0.1) is 6.04 Å². The van der Waals surface area contributed by atoms with E-state index >= 15 is 0 Å². The summed E-state index contributed by atoms with van der Waals surface area (Å²) in [6, 6.07) is 6.45. The standard InChI is InChI=1S/C18H26N4O2/c1-12(2)14-6-5-13(3)9-16(14)23-11-17-20-18(21-24-17)15-10-19-7-8-22(15)4/h5-6,9,12,15,19H,7-8,10-11H2,1-4H3. The number of hydrogen-bond donors (Lipinski definition) is 1. The van der Waals surface area contributed by atoms with Gasteiger partial charge in [-0.15, -0.1) is 0 Å². The van der Waals surface area contributed by atoms with Crippen LogP contribution in [0.2, 0.25) is 0 Å². The van der Waals surface area contributed by atoms with E-state index in [1.807, 2.05) is 0 Å². The van der Waals surface area contributed by atoms with Crippen LogP contribution in [0, 0.1) is 6.92 Å². The minimum atomic E-state index is 0.154. The van der Waals surface area contributed by atoms with E-state index in [4.69, 9.17) is 9.26 Å². The van der Waals surface area contributed by atoms with Crippen LogP contribution in [0.25, 0.3) is 0 Å². The summed E-state index contributed by atoms with van der Waals surface area (Å²) in [5.41, 5.74) is 2.37. The summed E-state index contributed by atoms with van der Waals surface area (Å²) in [5, 5.41) is 7.49. The average Bonchev–Trinajstić information content (AvgIpc) is 3.02. The van der Waals surface area contributed by atoms with E-state index in [9.17, 15) is 0 Å². The second-order valence-corrected chi connectivity index (χ2v) is 6.73. The number of rotatable bonds is 5. The Hall–Kier alpha value is -1.92. The molecule has 3 rings (SSSR count). The van der Waals surface area contributed by atoms with Gasteiger partial charge in [-0.05, 0) is 37.1 Å². The van der Waals surface area contributed by atoms with Crippen molar-refractivity contribution in [3.05, 3.63) is 41.0 Å². The molecule has 0 bridgehead atoms. The van der Waals surface area contributed by atoms with Crippen LogP contribution in [0.1, 0.15) is 48.6 Å². The van der Waals surface area contributed by atoms with Gasteiger partial charge in [0, 0.05) is 19.6 Å². The Labute approximate surface area is 143 Å². The second-order valence-electron chi connectivity index (χ2n) is 6.73. The summed E-state index contributed by atoms with van der Waals surface area (Å²) in [6.45, 7) is 9.49. The van der Waals surface area contributed by atoms with Crippen molar-refractivity contribution < 1.29 is 9.26 Å². The molecule has 0 amide bonds. The lowest BCUT2D eigenvalue weighted by atomic mass is 10.0. The maximum atomic E-state index is 5.97. The minimum absolute atomic E-state index is 0.154. The van der Waals surface area contributed by atoms with Gasteiger partial charge < -0.3 is 14.6 Å². The van der Waals surface area contributed by atoms with Crippen molar-refractivity contribution in [1.82, 2.24) is 20.4 Å². The zero-order valence-corrected chi connectivity index (χ0v) is 14.9. The Morgan fingerprint density at radius 3 is 3.00 bits per heavy atom. The largest absolute Gasteiger partial charge is 0.483 e. The van der Waals surface area contributed by atoms with Crippen molar-refractivity contribution in [1.29, 1.82) is 0 Å². The molecule has 1 unspecified atom stereocenters. The lowest BCUT2D eigenvalue weighted by Crippen LogP contribution is -2.44. The third-order valence-corrected chi connectivity index (χ3v) is 4.44. The number of likely N-dealkylation sites (N-methyl/N-ethyl adjacent to an activating group) is 1. The number of hydrogen-bond acceptors (Lipinski definition) is 6. The molecule has 1 N–H and O–H groups in total. The normalized spacial score (nSPS) is 19.0. The van der Waals surface area contributed by atoms with Gasteiger partial charge in [-0.2, -0.15) is 4.98 Å². The number of aryl methyl sites for hydroxylation is 1. The first-order chi connectivity index (χ1) is 11.5. The highest BCUT2D eigenvalue weighted by molar-refractivity contribution is 5.39. The van der Waals surface area contributed by atoms with E-state index in [-0.39, 0.29) is 6.04 Å². The molecule has 0 saturated carbocycles. The van der Waals surface area contributed by atoms with Crippen LogP contribution in [0.15, 0.2) is 22.7 Å². The van der Waals surface area contributed by atoms with E-state index in [0.717, 1.165) is 31.2 Å². The van der Waals surface area contributed by atoms with E-state index in [0.29, 0.717) is 18.4 Å². The molecular formula is C18H26N4O2. The van der Waals surface area contributed by atoms with Gasteiger partial charge in [0.25, 0.3) is 5.89 Å². The first-order valence-corrected chi connectivity index (χ1v) is 8.51. The van der Waals surface area contributed by atoms with Crippen LogP contribution in [0.5, 0.6) is 5.75 Å². The monoisotopic (exact) mass is 330 g/mol. The molecule has 130 valence electrons. The molecule has 0 spiro atoms. The van der Waals surface area contributed by atoms with E-state index in [1.54, 1.807) is 0 Å². The highest BCUT2D eigenvalue weighted by Gasteiger charge is 2.25. The highest BCUT2D eigenvalue weighted by Crippen LogP contribution is 2.28. The molecular weight excluding hydrogens is 304 g/mol. The topological polar surface area (TPSA) is 63.4 Å². The Kier molecular flexibility index (Phi) is 5.16. The molecule has 1 fully saturated rings. The molecule has 6 nitrogen and oxygen atoms in total. The lowest BCUT2D eigenvalue weighted by Gasteiger charge is -2.30. The number of nitrogens with zero attached hydrogens (tertiary/aromatic N) is 3. The highest BCUT2D eigenvalue weighted by atomic mass is 16.5. The quantitative estimate of drug-likeness (QED) is 0.909. The maximum Gasteiger partial charge on any atom is 0.264 e. The fourth-order valence-corrected chi connectivity index (χ4v) is 2.94. The van der Waals surface area contributed by atoms with Gasteiger partial charge in [0.1, 0.15) is 5.75 Å². The molecule has 6 heteroatoms. The average molecular weight is 330 g/mol. The van der Waals surface area contributed by atoms with Gasteiger partial charge in [0.15, 0.2) is 12.4 Å². The molecule has 1 aliphatic rings. The molecule has 1 aliphatic heterocycles. The first-order valence-electron chi connectivity index (χ1n) is 8.51. The summed E-state index contributed by atoms with van der Waals surface area (Å²) in [5.74, 6) is 2.53. The van der Waals surface area contributed by atoms with Crippen molar-refractivity contribution in [2.45, 2.75) is 39.3 Å². The fraction of sp³-hybridized carbons (Fsp3) is 0.556. The Morgan fingerprint density at radius 2 is 2.25 bits per heavy atom. The van der Waals surface area contributed by atoms with Crippen molar-refractivity contribution in [3.8, 4) is 5.75 Å². The van der Waals surface area contributed by atoms with Crippen LogP contribution in [0.4, 0.5) is 0 Å². The maximum absolute atomic E-state index is 5.97. The third kappa shape index (κ3) is 3.76. The number of nitrogens with one attached hydrogen (secondary N) is 1. The predicted octanol–water partition coefficient (Wildman–Crippen LogP) is 2.66. The van der Waals surface area contributed by atoms with Gasteiger partial charge in [0.2, 0.25) is 0 Å². The van der Waals surface area contributed by atoms with Gasteiger partial charge >= 0.3 is 0 Å². The van der Waals surface area contributed by atoms with Crippen LogP contribution in [0.3, 0.4) is 0 Å². The second kappa shape index (κ2) is 7.32. The van der Waals surface area contributed by atoms with Crippen molar-refractivity contribution >= 4 is 0 Å². The van der Waals surface area contributed by atoms with Crippen LogP contribution >= 0.6 is 0 Å². The zero-order chi connectivity index (χ0) is 17.1. The molecule has 1 atom stereocenters. The zero-order valence-electron chi connectivity index (χ0n) is 14.9. The molecule has 1 aromatic heterocycles. The molecule has 1 aromatic carbocycles. The molecule has 2 aromatic rings. The Bertz CT molecular complexity index is 683. The van der Waals surface area contributed by atoms with E-state index in [2.05, 4.69) is 66.4 Å². The SMILES string of the molecule is Cc1ccc(C(C)C)c(OCc2nc(C3CNCCN3C)no2)c1. The fourth-order valence-electron chi connectivity index (χ4n) is 2.94. The Morgan fingerprint density at radius 1 is 1.42 bits per heavy atom. The van der Waals surface area contributed by atoms with Gasteiger partial charge in [-0.1, -0.05) is 31.1 Å². The summed E-state index contributed by atoms with van der Waals surface area (Å²) in [4.78, 5) is 6.75. The molecule has 2 heterocycles. The Balaban J connectivity index is 1.69. The molecule has 24 heavy (non-hydrogen) atoms. The summed E-state index contributed by atoms with van der Waals surface area (Å²) < 4.78 is 11.3. The predicted molar refractivity (Wildman–Crippen MR) is 92.1 cm³/mol. The van der Waals surface area contributed by atoms with Crippen LogP contribution < -0.4 is 10.1 Å². The number of ether oxygens (including phenoxy) is 1. The molecule has 0 radical (unpaired) electrons. The molecule has 1 saturated heterocycles. The molecule has 0 aliphatic carbocycles. The smallest absolute Gasteiger partial charge is 0.264 e. The van der Waals surface area contributed by atoms with Gasteiger partial charge in [-0.25, -0.2) is 0 Å². The van der Waals surface area contributed by atoms with Crippen molar-refractivity contribution in [2.75, 3.05) is 26.7 Å². The van der Waals surface area contributed by atoms with Gasteiger partial charge in [-0.3, -0.25) is 4.90 Å². The van der Waals surface area contributed by atoms with Crippen LogP contribution in [-0.4, -0.2) is 41.7 Å². The van der Waals surface area contributed by atoms with E-state index < -0.39 is 0 Å². The number of benzene rings is 1. The van der Waals surface area contributed by atoms with Crippen LogP contribution in [-0.2, 0) is 6.61 Å². The number of piperazine rings is 1. The lowest BCUT2D eigenvalue weighted by molar-refractivity contribution is 0.189. The summed E-state index contributed by atoms with van der Waals surface area (Å²) >= 11 is 0. The van der Waals surface area contributed by atoms with Crippen molar-refractivity contribution in [3.63, 3.8) is 0 Å². The first kappa shape index (κ1) is 16.9. The minimum Gasteiger partial charge on any atom is -0.483 e. The van der Waals surface area contributed by atoms with Crippen molar-refractivity contribution in [2.24, 2.45) is 0 Å². The van der Waals surface area contributed by atoms with E-state index in [1.165, 1.54) is 11.1 Å². The number of aromatic nitrogens is 2.